The van der Waals surface area contributed by atoms with Gasteiger partial charge in [0.2, 0.25) is 5.85 Å². The molecule has 2 saturated heterocycles. The van der Waals surface area contributed by atoms with Gasteiger partial charge in [-0.2, -0.15) is 0 Å². The largest absolute Gasteiger partial charge is 0.481 e. The molecule has 1 unspecified atom stereocenters. The van der Waals surface area contributed by atoms with Crippen LogP contribution < -0.4 is 5.32 Å². The zero-order valence-corrected chi connectivity index (χ0v) is 29.4. The third-order valence-corrected chi connectivity index (χ3v) is 11.0. The highest BCUT2D eigenvalue weighted by Gasteiger charge is 2.61. The lowest BCUT2D eigenvalue weighted by atomic mass is 9.87. The van der Waals surface area contributed by atoms with Gasteiger partial charge in [0.25, 0.3) is 5.91 Å². The summed E-state index contributed by atoms with van der Waals surface area (Å²) >= 11 is 13.5. The Balaban J connectivity index is 1.31. The number of amides is 1. The number of halogens is 3. The molecule has 264 valence electrons. The summed E-state index contributed by atoms with van der Waals surface area (Å²) in [6.07, 6.45) is 5.12. The number of methoxy groups -OCH3 is 1. The number of carboxylic acid groups (broad SMARTS) is 1. The molecular formula is C36H43Cl2FN4O6. The molecule has 0 bridgehead atoms. The van der Waals surface area contributed by atoms with Crippen LogP contribution in [0.25, 0.3) is 10.9 Å². The lowest BCUT2D eigenvalue weighted by Gasteiger charge is -2.51. The summed E-state index contributed by atoms with van der Waals surface area (Å²) in [5.41, 5.74) is 2.09. The van der Waals surface area contributed by atoms with Crippen molar-refractivity contribution in [2.75, 3.05) is 38.7 Å². The normalized spacial score (nSPS) is 24.7. The number of ether oxygens (including phenoxy) is 2. The molecular weight excluding hydrogens is 674 g/mol. The van der Waals surface area contributed by atoms with Crippen LogP contribution in [0, 0.1) is 5.92 Å². The van der Waals surface area contributed by atoms with Crippen molar-refractivity contribution >= 4 is 57.5 Å². The minimum absolute atomic E-state index is 0.177. The number of rotatable bonds is 12. The molecule has 1 amide bonds. The molecule has 0 radical (unpaired) electrons. The van der Waals surface area contributed by atoms with E-state index in [-0.39, 0.29) is 47.7 Å². The molecule has 6 rings (SSSR count). The van der Waals surface area contributed by atoms with Crippen LogP contribution in [-0.2, 0) is 32.5 Å². The number of carboxylic acids is 1. The van der Waals surface area contributed by atoms with Crippen molar-refractivity contribution < 1.29 is 33.4 Å². The Morgan fingerprint density at radius 2 is 1.76 bits per heavy atom. The number of para-hydroxylation sites is 1. The fourth-order valence-electron chi connectivity index (χ4n) is 7.84. The van der Waals surface area contributed by atoms with E-state index < -0.39 is 29.6 Å². The van der Waals surface area contributed by atoms with Crippen LogP contribution in [0.5, 0.6) is 0 Å². The molecule has 49 heavy (non-hydrogen) atoms. The number of alkyl halides is 1. The van der Waals surface area contributed by atoms with Crippen molar-refractivity contribution in [3.05, 3.63) is 63.8 Å². The number of aryl methyl sites for hydroxylation is 1. The van der Waals surface area contributed by atoms with Gasteiger partial charge in [-0.1, -0.05) is 41.4 Å². The van der Waals surface area contributed by atoms with E-state index in [1.807, 2.05) is 40.8 Å². The fourth-order valence-corrected chi connectivity index (χ4v) is 8.30. The third-order valence-electron chi connectivity index (χ3n) is 10.3. The Morgan fingerprint density at radius 1 is 1.04 bits per heavy atom. The molecule has 3 aromatic rings. The zero-order valence-electron chi connectivity index (χ0n) is 27.9. The molecule has 1 aliphatic carbocycles. The number of likely N-dealkylation sites (tertiary alicyclic amines) is 2. The van der Waals surface area contributed by atoms with Gasteiger partial charge in [-0.25, -0.2) is 9.29 Å². The van der Waals surface area contributed by atoms with Crippen LogP contribution in [0.3, 0.4) is 0 Å². The lowest BCUT2D eigenvalue weighted by molar-refractivity contribution is -0.289. The van der Waals surface area contributed by atoms with Gasteiger partial charge in [0.1, 0.15) is 0 Å². The molecule has 2 atom stereocenters. The maximum atomic E-state index is 16.9. The van der Waals surface area contributed by atoms with Gasteiger partial charge < -0.3 is 24.5 Å². The second-order valence-corrected chi connectivity index (χ2v) is 14.3. The first-order valence-corrected chi connectivity index (χ1v) is 17.7. The van der Waals surface area contributed by atoms with Gasteiger partial charge >= 0.3 is 5.97 Å². The van der Waals surface area contributed by atoms with Crippen LogP contribution in [0.1, 0.15) is 67.3 Å². The Hall–Kier alpha value is -3.06. The molecule has 3 fully saturated rings. The second-order valence-electron chi connectivity index (χ2n) is 13.5. The number of ketones is 1. The predicted octanol–water partition coefficient (Wildman–Crippen LogP) is 6.67. The van der Waals surface area contributed by atoms with Gasteiger partial charge in [0.15, 0.2) is 11.6 Å². The lowest BCUT2D eigenvalue weighted by Crippen LogP contribution is -2.71. The summed E-state index contributed by atoms with van der Waals surface area (Å²) in [6, 6.07) is 10.7. The van der Waals surface area contributed by atoms with Crippen molar-refractivity contribution in [3.8, 4) is 0 Å². The molecule has 2 aromatic carbocycles. The molecule has 3 aliphatic rings. The van der Waals surface area contributed by atoms with Crippen molar-refractivity contribution in [2.24, 2.45) is 13.0 Å². The number of benzene rings is 2. The standard InChI is InChI=1S/C36H43Cl2FN4O6/c1-41-21-27(26-8-3-4-9-31(26)41)33(45)40-30-20-28(37)24(18-29(30)38)19-32(44)36(42-15-5-6-16-42,43-17-7-14-35(43,39)22-48-2)49-25-12-10-23(11-13-25)34(46)47/h3-4,8-9,18,20-21,23,25H,5-7,10-17,19,22H2,1-2H3,(H,40,45)(H,46,47)/t23?,25?,35-,36?/m1/s1. The van der Waals surface area contributed by atoms with Crippen molar-refractivity contribution in [2.45, 2.75) is 75.5 Å². The van der Waals surface area contributed by atoms with Gasteiger partial charge in [-0.15, -0.1) is 0 Å². The summed E-state index contributed by atoms with van der Waals surface area (Å²) in [5.74, 6) is -5.78. The minimum atomic E-state index is -1.96. The number of hydrogen-bond donors (Lipinski definition) is 2. The molecule has 0 spiro atoms. The average Bonchev–Trinajstić information content (AvgIpc) is 3.83. The Bertz CT molecular complexity index is 1720. The fraction of sp³-hybridized carbons (Fsp3) is 0.528. The van der Waals surface area contributed by atoms with Crippen LogP contribution in [-0.4, -0.2) is 88.2 Å². The Labute approximate surface area is 295 Å². The van der Waals surface area contributed by atoms with E-state index in [1.165, 1.54) is 18.1 Å². The first kappa shape index (κ1) is 35.8. The van der Waals surface area contributed by atoms with Gasteiger partial charge in [-0.3, -0.25) is 19.3 Å². The highest BCUT2D eigenvalue weighted by atomic mass is 35.5. The topological polar surface area (TPSA) is 113 Å². The molecule has 10 nitrogen and oxygen atoms in total. The average molecular weight is 718 g/mol. The smallest absolute Gasteiger partial charge is 0.306 e. The van der Waals surface area contributed by atoms with Crippen molar-refractivity contribution in [3.63, 3.8) is 0 Å². The number of nitrogens with zero attached hydrogens (tertiary/aromatic N) is 3. The summed E-state index contributed by atoms with van der Waals surface area (Å²) in [5, 5.41) is 13.6. The van der Waals surface area contributed by atoms with E-state index in [9.17, 15) is 19.5 Å². The molecule has 3 heterocycles. The highest BCUT2D eigenvalue weighted by molar-refractivity contribution is 6.36. The van der Waals surface area contributed by atoms with Gasteiger partial charge in [-0.05, 0) is 75.1 Å². The quantitative estimate of drug-likeness (QED) is 0.200. The molecule has 1 aromatic heterocycles. The second kappa shape index (κ2) is 14.7. The minimum Gasteiger partial charge on any atom is -0.481 e. The van der Waals surface area contributed by atoms with E-state index >= 15 is 4.39 Å². The van der Waals surface area contributed by atoms with E-state index in [1.54, 1.807) is 12.3 Å². The number of hydrogen-bond acceptors (Lipinski definition) is 7. The number of anilines is 1. The third kappa shape index (κ3) is 6.98. The molecule has 13 heteroatoms. The summed E-state index contributed by atoms with van der Waals surface area (Å²) < 4.78 is 31.0. The number of aliphatic carboxylic acids is 1. The van der Waals surface area contributed by atoms with Crippen LogP contribution in [0.4, 0.5) is 10.1 Å². The van der Waals surface area contributed by atoms with Crippen LogP contribution in [0.2, 0.25) is 10.0 Å². The maximum absolute atomic E-state index is 16.9. The molecule has 1 saturated carbocycles. The Morgan fingerprint density at radius 3 is 2.45 bits per heavy atom. The Kier molecular flexibility index (Phi) is 10.7. The van der Waals surface area contributed by atoms with Gasteiger partial charge in [0.05, 0.1) is 34.9 Å². The predicted molar refractivity (Wildman–Crippen MR) is 186 cm³/mol. The molecule has 2 aliphatic heterocycles. The zero-order chi connectivity index (χ0) is 34.9. The number of nitrogens with one attached hydrogen (secondary N) is 1. The SMILES string of the molecule is COC[C@@]1(F)CCCN1C(OC1CCC(C(=O)O)CC1)(C(=O)Cc1cc(Cl)c(NC(=O)c2cn(C)c3ccccc23)cc1Cl)N1CCCC1. The molecule has 2 N–H and O–H groups in total. The van der Waals surface area contributed by atoms with E-state index in [0.717, 1.165) is 23.7 Å². The first-order valence-electron chi connectivity index (χ1n) is 16.9. The van der Waals surface area contributed by atoms with E-state index in [2.05, 4.69) is 5.32 Å². The van der Waals surface area contributed by atoms with E-state index in [0.29, 0.717) is 62.0 Å². The van der Waals surface area contributed by atoms with Crippen LogP contribution >= 0.6 is 23.2 Å². The number of Topliss-reactive ketones (excluding diaryl/α,β-unsaturated/α-hetero) is 1. The summed E-state index contributed by atoms with van der Waals surface area (Å²) in [6.45, 7) is 1.11. The van der Waals surface area contributed by atoms with Crippen LogP contribution in [0.15, 0.2) is 42.6 Å². The highest BCUT2D eigenvalue weighted by Crippen LogP contribution is 2.44. The summed E-state index contributed by atoms with van der Waals surface area (Å²) in [7, 11) is 3.31. The summed E-state index contributed by atoms with van der Waals surface area (Å²) in [4.78, 5) is 43.4. The number of fused-ring (bicyclic) bond motifs is 1. The number of carbonyl (C=O) groups excluding carboxylic acids is 2. The number of aromatic nitrogens is 1. The van der Waals surface area contributed by atoms with E-state index in [4.69, 9.17) is 32.7 Å². The van der Waals surface area contributed by atoms with Crippen molar-refractivity contribution in [1.29, 1.82) is 0 Å². The van der Waals surface area contributed by atoms with Crippen molar-refractivity contribution in [1.82, 2.24) is 14.4 Å². The monoisotopic (exact) mass is 716 g/mol. The number of carbonyl (C=O) groups is 3. The first-order chi connectivity index (χ1) is 23.5. The van der Waals surface area contributed by atoms with Gasteiger partial charge in [0, 0.05) is 62.3 Å². The maximum Gasteiger partial charge on any atom is 0.306 e.